The van der Waals surface area contributed by atoms with Crippen molar-refractivity contribution in [1.82, 2.24) is 10.2 Å². The molecule has 1 aromatic rings. The molecule has 2 amide bonds. The molecule has 26 heavy (non-hydrogen) atoms. The third kappa shape index (κ3) is 4.81. The first-order chi connectivity index (χ1) is 12.5. The maximum Gasteiger partial charge on any atom is 0.325 e. The van der Waals surface area contributed by atoms with Crippen molar-refractivity contribution in [2.45, 2.75) is 12.3 Å². The smallest absolute Gasteiger partial charge is 0.325 e. The van der Waals surface area contributed by atoms with Crippen LogP contribution in [0.25, 0.3) is 0 Å². The summed E-state index contributed by atoms with van der Waals surface area (Å²) in [7, 11) is 3.08. The van der Waals surface area contributed by atoms with Crippen molar-refractivity contribution in [3.8, 4) is 11.5 Å². The lowest BCUT2D eigenvalue weighted by Gasteiger charge is -2.24. The first-order valence-corrected chi connectivity index (χ1v) is 9.10. The van der Waals surface area contributed by atoms with Gasteiger partial charge in [-0.15, -0.1) is 11.8 Å². The summed E-state index contributed by atoms with van der Waals surface area (Å²) in [5.74, 6) is 0.352. The normalized spacial score (nSPS) is 16.3. The van der Waals surface area contributed by atoms with Crippen LogP contribution >= 0.6 is 11.8 Å². The number of esters is 1. The summed E-state index contributed by atoms with van der Waals surface area (Å²) < 4.78 is 15.3. The number of nitrogens with one attached hydrogen (secondary N) is 1. The van der Waals surface area contributed by atoms with Gasteiger partial charge in [0.25, 0.3) is 0 Å². The van der Waals surface area contributed by atoms with E-state index < -0.39 is 11.9 Å². The third-order valence-corrected chi connectivity index (χ3v) is 4.97. The molecule has 2 rings (SSSR count). The number of ether oxygens (including phenoxy) is 3. The van der Waals surface area contributed by atoms with E-state index in [2.05, 4.69) is 5.32 Å². The van der Waals surface area contributed by atoms with Gasteiger partial charge < -0.3 is 24.4 Å². The van der Waals surface area contributed by atoms with Crippen LogP contribution in [0.1, 0.15) is 17.9 Å². The minimum Gasteiger partial charge on any atom is -0.493 e. The molecule has 1 heterocycles. The molecule has 1 unspecified atom stereocenters. The van der Waals surface area contributed by atoms with E-state index in [1.807, 2.05) is 6.07 Å². The number of carbonyl (C=O) groups excluding carboxylic acids is 3. The molecule has 0 saturated carbocycles. The maximum absolute atomic E-state index is 12.2. The summed E-state index contributed by atoms with van der Waals surface area (Å²) in [5.41, 5.74) is 0.830. The van der Waals surface area contributed by atoms with E-state index in [0.29, 0.717) is 11.5 Å². The highest BCUT2D eigenvalue weighted by Gasteiger charge is 2.34. The average Bonchev–Trinajstić information content (AvgIpc) is 3.00. The number of benzene rings is 1. The van der Waals surface area contributed by atoms with E-state index in [9.17, 15) is 14.4 Å². The molecule has 0 aromatic heterocycles. The molecular formula is C17H22N2O6S. The number of nitrogens with zero attached hydrogens (tertiary/aromatic N) is 1. The van der Waals surface area contributed by atoms with Crippen molar-refractivity contribution in [2.75, 3.05) is 39.7 Å². The van der Waals surface area contributed by atoms with Crippen LogP contribution in [0.5, 0.6) is 11.5 Å². The molecule has 0 spiro atoms. The van der Waals surface area contributed by atoms with Crippen LogP contribution in [0.3, 0.4) is 0 Å². The molecule has 1 saturated heterocycles. The first kappa shape index (κ1) is 19.9. The van der Waals surface area contributed by atoms with E-state index in [1.165, 1.54) is 23.8 Å². The van der Waals surface area contributed by atoms with E-state index in [-0.39, 0.29) is 36.7 Å². The van der Waals surface area contributed by atoms with Crippen molar-refractivity contribution in [1.29, 1.82) is 0 Å². The van der Waals surface area contributed by atoms with Gasteiger partial charge in [0.1, 0.15) is 18.5 Å². The van der Waals surface area contributed by atoms with Crippen LogP contribution in [0, 0.1) is 0 Å². The molecule has 142 valence electrons. The lowest BCUT2D eigenvalue weighted by molar-refractivity contribution is -0.143. The molecule has 1 aliphatic rings. The van der Waals surface area contributed by atoms with Crippen LogP contribution in [0.2, 0.25) is 0 Å². The summed E-state index contributed by atoms with van der Waals surface area (Å²) in [5, 5.41) is 2.16. The minimum absolute atomic E-state index is 0.135. The quantitative estimate of drug-likeness (QED) is 0.669. The van der Waals surface area contributed by atoms with Gasteiger partial charge in [0.05, 0.1) is 26.6 Å². The molecule has 0 aliphatic carbocycles. The zero-order valence-electron chi connectivity index (χ0n) is 14.9. The first-order valence-electron chi connectivity index (χ1n) is 8.05. The Balaban J connectivity index is 2.06. The van der Waals surface area contributed by atoms with Gasteiger partial charge in [0.2, 0.25) is 11.8 Å². The molecule has 1 fully saturated rings. The van der Waals surface area contributed by atoms with Gasteiger partial charge in [-0.3, -0.25) is 14.4 Å². The number of rotatable bonds is 8. The van der Waals surface area contributed by atoms with Gasteiger partial charge in [-0.05, 0) is 24.6 Å². The van der Waals surface area contributed by atoms with Crippen LogP contribution in [-0.2, 0) is 19.1 Å². The van der Waals surface area contributed by atoms with Crippen LogP contribution in [0.15, 0.2) is 18.2 Å². The highest BCUT2D eigenvalue weighted by molar-refractivity contribution is 8.00. The molecule has 0 radical (unpaired) electrons. The molecular weight excluding hydrogens is 360 g/mol. The van der Waals surface area contributed by atoms with Crippen molar-refractivity contribution in [3.05, 3.63) is 23.8 Å². The van der Waals surface area contributed by atoms with E-state index in [1.54, 1.807) is 26.2 Å². The number of hydrogen-bond acceptors (Lipinski definition) is 7. The Labute approximate surface area is 156 Å². The Morgan fingerprint density at radius 2 is 2.00 bits per heavy atom. The Morgan fingerprint density at radius 3 is 2.65 bits per heavy atom. The molecule has 1 aromatic carbocycles. The molecule has 0 bridgehead atoms. The van der Waals surface area contributed by atoms with Gasteiger partial charge in [0, 0.05) is 0 Å². The van der Waals surface area contributed by atoms with Crippen molar-refractivity contribution >= 4 is 29.5 Å². The fraction of sp³-hybridized carbons (Fsp3) is 0.471. The van der Waals surface area contributed by atoms with Gasteiger partial charge in [-0.1, -0.05) is 6.07 Å². The topological polar surface area (TPSA) is 94.2 Å². The Morgan fingerprint density at radius 1 is 1.27 bits per heavy atom. The SMILES string of the molecule is CCOC(=O)CNC(=O)CN1C(=O)CSC1c1ccc(OC)c(OC)c1. The number of hydrogen-bond donors (Lipinski definition) is 1. The second kappa shape index (κ2) is 9.33. The monoisotopic (exact) mass is 382 g/mol. The zero-order valence-corrected chi connectivity index (χ0v) is 15.8. The summed E-state index contributed by atoms with van der Waals surface area (Å²) in [4.78, 5) is 37.1. The Kier molecular flexibility index (Phi) is 7.14. The molecule has 1 atom stereocenters. The summed E-state index contributed by atoms with van der Waals surface area (Å²) in [6, 6.07) is 5.39. The van der Waals surface area contributed by atoms with Gasteiger partial charge in [-0.2, -0.15) is 0 Å². The molecule has 1 aliphatic heterocycles. The average molecular weight is 382 g/mol. The maximum atomic E-state index is 12.2. The third-order valence-electron chi connectivity index (χ3n) is 3.71. The van der Waals surface area contributed by atoms with E-state index in [4.69, 9.17) is 14.2 Å². The van der Waals surface area contributed by atoms with Crippen LogP contribution < -0.4 is 14.8 Å². The van der Waals surface area contributed by atoms with Crippen LogP contribution in [-0.4, -0.2) is 62.4 Å². The number of methoxy groups -OCH3 is 2. The highest BCUT2D eigenvalue weighted by Crippen LogP contribution is 2.41. The minimum atomic E-state index is -0.514. The lowest BCUT2D eigenvalue weighted by Crippen LogP contribution is -2.41. The summed E-state index contributed by atoms with van der Waals surface area (Å²) >= 11 is 1.43. The second-order valence-corrected chi connectivity index (χ2v) is 6.45. The number of thioether (sulfide) groups is 1. The van der Waals surface area contributed by atoms with Crippen LogP contribution in [0.4, 0.5) is 0 Å². The van der Waals surface area contributed by atoms with Gasteiger partial charge in [-0.25, -0.2) is 0 Å². The molecule has 8 nitrogen and oxygen atoms in total. The second-order valence-electron chi connectivity index (χ2n) is 5.38. The Bertz CT molecular complexity index is 681. The highest BCUT2D eigenvalue weighted by atomic mass is 32.2. The predicted octanol–water partition coefficient (Wildman–Crippen LogP) is 0.957. The number of amides is 2. The Hall–Kier alpha value is -2.42. The van der Waals surface area contributed by atoms with Gasteiger partial charge in [0.15, 0.2) is 11.5 Å². The molecule has 9 heteroatoms. The largest absolute Gasteiger partial charge is 0.493 e. The summed E-state index contributed by atoms with van der Waals surface area (Å²) in [6.07, 6.45) is 0. The molecule has 1 N–H and O–H groups in total. The number of carbonyl (C=O) groups is 3. The van der Waals surface area contributed by atoms with Crippen molar-refractivity contribution < 1.29 is 28.6 Å². The predicted molar refractivity (Wildman–Crippen MR) is 96.1 cm³/mol. The fourth-order valence-corrected chi connectivity index (χ4v) is 3.68. The summed E-state index contributed by atoms with van der Waals surface area (Å²) in [6.45, 7) is 1.58. The van der Waals surface area contributed by atoms with Crippen molar-refractivity contribution in [3.63, 3.8) is 0 Å². The zero-order chi connectivity index (χ0) is 19.1. The van der Waals surface area contributed by atoms with Crippen molar-refractivity contribution in [2.24, 2.45) is 0 Å². The van der Waals surface area contributed by atoms with E-state index >= 15 is 0 Å². The lowest BCUT2D eigenvalue weighted by atomic mass is 10.1. The van der Waals surface area contributed by atoms with E-state index in [0.717, 1.165) is 5.56 Å². The fourth-order valence-electron chi connectivity index (χ4n) is 2.50. The standard InChI is InChI=1S/C17H22N2O6S/c1-4-25-16(22)8-18-14(20)9-19-15(21)10-26-17(19)11-5-6-12(23-2)13(7-11)24-3/h5-7,17H,4,8-10H2,1-3H3,(H,18,20). The van der Waals surface area contributed by atoms with Gasteiger partial charge >= 0.3 is 5.97 Å².